The van der Waals surface area contributed by atoms with E-state index in [-0.39, 0.29) is 18.1 Å². The van der Waals surface area contributed by atoms with E-state index in [1.165, 1.54) is 23.2 Å². The number of aromatic nitrogens is 1. The number of amidine groups is 1. The quantitative estimate of drug-likeness (QED) is 0.373. The number of hydrogen-bond acceptors (Lipinski definition) is 4. The third-order valence-corrected chi connectivity index (χ3v) is 2.34. The maximum atomic E-state index is 12.5. The second-order valence-electron chi connectivity index (χ2n) is 3.92. The molecule has 19 heavy (non-hydrogen) atoms. The molecule has 0 saturated heterocycles. The van der Waals surface area contributed by atoms with Gasteiger partial charge in [0.05, 0.1) is 0 Å². The van der Waals surface area contributed by atoms with E-state index in [1.807, 2.05) is 0 Å². The van der Waals surface area contributed by atoms with E-state index >= 15 is 0 Å². The van der Waals surface area contributed by atoms with E-state index in [0.29, 0.717) is 12.1 Å². The molecule has 0 unspecified atom stereocenters. The van der Waals surface area contributed by atoms with Crippen LogP contribution in [-0.4, -0.2) is 35.3 Å². The normalized spacial score (nSPS) is 12.5. The molecule has 0 aliphatic heterocycles. The van der Waals surface area contributed by atoms with Crippen LogP contribution in [-0.2, 0) is 0 Å². The third kappa shape index (κ3) is 4.65. The van der Waals surface area contributed by atoms with Crippen LogP contribution in [0.3, 0.4) is 0 Å². The zero-order valence-electron chi connectivity index (χ0n) is 10.4. The molecule has 0 spiro atoms. The number of nitrogens with zero attached hydrogens (tertiary/aromatic N) is 3. The van der Waals surface area contributed by atoms with Crippen molar-refractivity contribution >= 4 is 11.5 Å². The summed E-state index contributed by atoms with van der Waals surface area (Å²) in [6, 6.07) is 2.81. The lowest BCUT2D eigenvalue weighted by Crippen LogP contribution is -2.35. The summed E-state index contributed by atoms with van der Waals surface area (Å²) in [4.78, 5) is 5.00. The van der Waals surface area contributed by atoms with Gasteiger partial charge in [-0.2, -0.15) is 13.2 Å². The van der Waals surface area contributed by atoms with Gasteiger partial charge in [-0.25, -0.2) is 0 Å². The summed E-state index contributed by atoms with van der Waals surface area (Å²) in [5, 5.41) is 11.3. The van der Waals surface area contributed by atoms with E-state index < -0.39 is 12.7 Å². The highest BCUT2D eigenvalue weighted by Crippen LogP contribution is 2.22. The topological polar surface area (TPSA) is 74.7 Å². The Labute approximate surface area is 108 Å². The fourth-order valence-electron chi connectivity index (χ4n) is 1.59. The molecule has 0 amide bonds. The summed E-state index contributed by atoms with van der Waals surface area (Å²) in [6.07, 6.45) is -2.41. The molecule has 5 nitrogen and oxygen atoms in total. The molecule has 3 N–H and O–H groups in total. The molecule has 0 atom stereocenters. The molecule has 8 heteroatoms. The van der Waals surface area contributed by atoms with Gasteiger partial charge in [-0.1, -0.05) is 12.1 Å². The monoisotopic (exact) mass is 276 g/mol. The molecule has 106 valence electrons. The summed E-state index contributed by atoms with van der Waals surface area (Å²) >= 11 is 0. The minimum Gasteiger partial charge on any atom is -0.409 e. The Morgan fingerprint density at radius 2 is 2.21 bits per heavy atom. The molecular formula is C11H15F3N4O. The van der Waals surface area contributed by atoms with Crippen LogP contribution in [0.15, 0.2) is 23.5 Å². The van der Waals surface area contributed by atoms with Gasteiger partial charge >= 0.3 is 6.18 Å². The fourth-order valence-corrected chi connectivity index (χ4v) is 1.59. The second kappa shape index (κ2) is 6.26. The van der Waals surface area contributed by atoms with Crippen LogP contribution in [0.25, 0.3) is 0 Å². The average Bonchev–Trinajstić information content (AvgIpc) is 2.36. The number of hydrogen-bond donors (Lipinski definition) is 2. The number of alkyl halides is 3. The molecule has 0 fully saturated rings. The highest BCUT2D eigenvalue weighted by Gasteiger charge is 2.30. The molecular weight excluding hydrogens is 261 g/mol. The highest BCUT2D eigenvalue weighted by molar-refractivity contribution is 5.95. The first-order valence-corrected chi connectivity index (χ1v) is 5.63. The van der Waals surface area contributed by atoms with Crippen LogP contribution in [0.5, 0.6) is 0 Å². The number of anilines is 1. The van der Waals surface area contributed by atoms with Gasteiger partial charge in [0.25, 0.3) is 0 Å². The molecule has 0 aromatic carbocycles. The Bertz CT molecular complexity index is 448. The van der Waals surface area contributed by atoms with Gasteiger partial charge in [-0.15, -0.1) is 0 Å². The van der Waals surface area contributed by atoms with E-state index in [1.54, 1.807) is 6.92 Å². The predicted octanol–water partition coefficient (Wildman–Crippen LogP) is 1.95. The second-order valence-corrected chi connectivity index (χ2v) is 3.92. The van der Waals surface area contributed by atoms with Crippen LogP contribution < -0.4 is 10.6 Å². The Hall–Kier alpha value is -1.99. The van der Waals surface area contributed by atoms with E-state index in [2.05, 4.69) is 10.1 Å². The van der Waals surface area contributed by atoms with Crippen molar-refractivity contribution in [1.29, 1.82) is 0 Å². The van der Waals surface area contributed by atoms with Gasteiger partial charge in [0.1, 0.15) is 12.2 Å². The maximum Gasteiger partial charge on any atom is 0.405 e. The number of rotatable bonds is 5. The first-order valence-electron chi connectivity index (χ1n) is 5.63. The standard InChI is InChI=1S/C11H15F3N4O/c1-2-5-18(7-11(12,13)14)8-3-4-16-9(6-8)10(15)17-19/h3-4,6,19H,2,5,7H2,1H3,(H2,15,17). The number of halogens is 3. The van der Waals surface area contributed by atoms with Crippen LogP contribution >= 0.6 is 0 Å². The minimum atomic E-state index is -4.30. The van der Waals surface area contributed by atoms with Crippen molar-refractivity contribution in [3.05, 3.63) is 24.0 Å². The zero-order valence-corrected chi connectivity index (χ0v) is 10.4. The van der Waals surface area contributed by atoms with Crippen LogP contribution in [0.4, 0.5) is 18.9 Å². The summed E-state index contributed by atoms with van der Waals surface area (Å²) in [5.41, 5.74) is 5.82. The lowest BCUT2D eigenvalue weighted by Gasteiger charge is -2.25. The van der Waals surface area contributed by atoms with Crippen molar-refractivity contribution in [3.8, 4) is 0 Å². The van der Waals surface area contributed by atoms with Crippen molar-refractivity contribution in [1.82, 2.24) is 4.98 Å². The van der Waals surface area contributed by atoms with Gasteiger partial charge in [0.15, 0.2) is 5.84 Å². The summed E-state index contributed by atoms with van der Waals surface area (Å²) in [5.74, 6) is -0.245. The number of nitrogens with two attached hydrogens (primary N) is 1. The highest BCUT2D eigenvalue weighted by atomic mass is 19.4. The maximum absolute atomic E-state index is 12.5. The molecule has 1 aromatic rings. The Balaban J connectivity index is 3.02. The SMILES string of the molecule is CCCN(CC(F)(F)F)c1ccnc(C(N)=NO)c1. The summed E-state index contributed by atoms with van der Waals surface area (Å²) in [6.45, 7) is 0.981. The fraction of sp³-hybridized carbons (Fsp3) is 0.455. The van der Waals surface area contributed by atoms with Crippen molar-refractivity contribution in [2.45, 2.75) is 19.5 Å². The summed E-state index contributed by atoms with van der Waals surface area (Å²) in [7, 11) is 0. The lowest BCUT2D eigenvalue weighted by atomic mass is 10.2. The van der Waals surface area contributed by atoms with Crippen LogP contribution in [0, 0.1) is 0 Å². The Morgan fingerprint density at radius 1 is 1.53 bits per heavy atom. The third-order valence-electron chi connectivity index (χ3n) is 2.34. The molecule has 0 bridgehead atoms. The smallest absolute Gasteiger partial charge is 0.405 e. The molecule has 0 saturated carbocycles. The molecule has 1 aromatic heterocycles. The average molecular weight is 276 g/mol. The Morgan fingerprint density at radius 3 is 2.74 bits per heavy atom. The molecule has 0 aliphatic carbocycles. The van der Waals surface area contributed by atoms with Crippen LogP contribution in [0.1, 0.15) is 19.0 Å². The van der Waals surface area contributed by atoms with Gasteiger partial charge in [-0.05, 0) is 18.6 Å². The van der Waals surface area contributed by atoms with E-state index in [9.17, 15) is 13.2 Å². The summed E-state index contributed by atoms with van der Waals surface area (Å²) < 4.78 is 37.5. The number of oxime groups is 1. The van der Waals surface area contributed by atoms with Gasteiger partial charge < -0.3 is 15.8 Å². The van der Waals surface area contributed by atoms with Crippen molar-refractivity contribution in [2.75, 3.05) is 18.0 Å². The largest absolute Gasteiger partial charge is 0.409 e. The van der Waals surface area contributed by atoms with Crippen molar-refractivity contribution < 1.29 is 18.4 Å². The van der Waals surface area contributed by atoms with Crippen molar-refractivity contribution in [3.63, 3.8) is 0 Å². The lowest BCUT2D eigenvalue weighted by molar-refractivity contribution is -0.119. The molecule has 1 heterocycles. The van der Waals surface area contributed by atoms with Gasteiger partial charge in [0, 0.05) is 18.4 Å². The minimum absolute atomic E-state index is 0.128. The predicted molar refractivity (Wildman–Crippen MR) is 65.3 cm³/mol. The van der Waals surface area contributed by atoms with E-state index in [0.717, 1.165) is 0 Å². The molecule has 0 aliphatic rings. The van der Waals surface area contributed by atoms with Gasteiger partial charge in [0.2, 0.25) is 0 Å². The van der Waals surface area contributed by atoms with Gasteiger partial charge in [-0.3, -0.25) is 4.98 Å². The first-order chi connectivity index (χ1) is 8.87. The zero-order chi connectivity index (χ0) is 14.5. The van der Waals surface area contributed by atoms with Crippen LogP contribution in [0.2, 0.25) is 0 Å². The molecule has 1 rings (SSSR count). The van der Waals surface area contributed by atoms with Crippen molar-refractivity contribution in [2.24, 2.45) is 10.9 Å². The molecule has 0 radical (unpaired) electrons. The number of pyridine rings is 1. The van der Waals surface area contributed by atoms with E-state index in [4.69, 9.17) is 10.9 Å². The first kappa shape index (κ1) is 15.1. The Kier molecular flexibility index (Phi) is 4.96.